The Morgan fingerprint density at radius 1 is 1.02 bits per heavy atom. The van der Waals surface area contributed by atoms with E-state index in [0.29, 0.717) is 30.6 Å². The van der Waals surface area contributed by atoms with Gasteiger partial charge in [-0.15, -0.1) is 12.3 Å². The molecular weight excluding hydrogens is 534 g/mol. The molecule has 0 aliphatic carbocycles. The van der Waals surface area contributed by atoms with Crippen molar-refractivity contribution in [2.45, 2.75) is 45.2 Å². The molecule has 2 aromatic heterocycles. The molecular formula is C31H37N7O2S. The van der Waals surface area contributed by atoms with Gasteiger partial charge in [0.05, 0.1) is 21.6 Å². The van der Waals surface area contributed by atoms with Crippen LogP contribution in [0.1, 0.15) is 60.2 Å². The number of rotatable bonds is 14. The van der Waals surface area contributed by atoms with E-state index in [2.05, 4.69) is 50.6 Å². The highest BCUT2D eigenvalue weighted by Gasteiger charge is 2.40. The zero-order valence-corrected chi connectivity index (χ0v) is 24.4. The first kappa shape index (κ1) is 28.8. The Hall–Kier alpha value is -3.75. The molecule has 1 aliphatic heterocycles. The molecule has 41 heavy (non-hydrogen) atoms. The molecule has 0 atom stereocenters. The molecule has 0 radical (unpaired) electrons. The molecule has 5 rings (SSSR count). The summed E-state index contributed by atoms with van der Waals surface area (Å²) >= 11 is 1.56. The lowest BCUT2D eigenvalue weighted by molar-refractivity contribution is 0.0943. The topological polar surface area (TPSA) is 123 Å². The van der Waals surface area contributed by atoms with Crippen LogP contribution in [0, 0.1) is 12.3 Å². The molecule has 4 aromatic rings. The van der Waals surface area contributed by atoms with Crippen LogP contribution in [0.3, 0.4) is 0 Å². The fourth-order valence-corrected chi connectivity index (χ4v) is 6.01. The largest absolute Gasteiger partial charge is 0.352 e. The van der Waals surface area contributed by atoms with E-state index >= 15 is 0 Å². The maximum absolute atomic E-state index is 12.7. The van der Waals surface area contributed by atoms with Gasteiger partial charge >= 0.3 is 0 Å². The van der Waals surface area contributed by atoms with Crippen LogP contribution in [-0.4, -0.2) is 64.5 Å². The third kappa shape index (κ3) is 6.77. The van der Waals surface area contributed by atoms with Crippen molar-refractivity contribution in [1.82, 2.24) is 35.8 Å². The Labute approximate surface area is 244 Å². The number of hydrazine groups is 1. The van der Waals surface area contributed by atoms with Crippen LogP contribution in [0.2, 0.25) is 0 Å². The molecule has 1 fully saturated rings. The number of aromatic nitrogens is 2. The number of nitrogens with one attached hydrogen (secondary N) is 4. The van der Waals surface area contributed by atoms with Gasteiger partial charge in [-0.2, -0.15) is 0 Å². The van der Waals surface area contributed by atoms with Gasteiger partial charge in [-0.05, 0) is 69.2 Å². The van der Waals surface area contributed by atoms with Crippen LogP contribution in [0.25, 0.3) is 26.4 Å². The Bertz CT molecular complexity index is 1560. The average Bonchev–Trinajstić information content (AvgIpc) is 3.51. The van der Waals surface area contributed by atoms with E-state index in [1.54, 1.807) is 11.3 Å². The fourth-order valence-electron chi connectivity index (χ4n) is 4.96. The maximum atomic E-state index is 12.7. The summed E-state index contributed by atoms with van der Waals surface area (Å²) in [5, 5.41) is 6.03. The monoisotopic (exact) mass is 571 g/mol. The molecule has 1 aliphatic rings. The third-order valence-electron chi connectivity index (χ3n) is 7.64. The van der Waals surface area contributed by atoms with Crippen molar-refractivity contribution in [3.8, 4) is 23.6 Å². The normalized spacial score (nSPS) is 13.9. The van der Waals surface area contributed by atoms with E-state index in [4.69, 9.17) is 11.4 Å². The van der Waals surface area contributed by atoms with Crippen molar-refractivity contribution >= 4 is 38.3 Å². The smallest absolute Gasteiger partial charge is 0.251 e. The molecule has 3 heterocycles. The van der Waals surface area contributed by atoms with Gasteiger partial charge in [-0.1, -0.05) is 37.3 Å². The number of hydrogen-bond donors (Lipinski definition) is 4. The predicted molar refractivity (Wildman–Crippen MR) is 165 cm³/mol. The van der Waals surface area contributed by atoms with Gasteiger partial charge in [0.25, 0.3) is 11.8 Å². The average molecular weight is 572 g/mol. The number of benzene rings is 2. The van der Waals surface area contributed by atoms with E-state index in [1.165, 1.54) is 0 Å². The second kappa shape index (κ2) is 12.8. The van der Waals surface area contributed by atoms with Crippen LogP contribution in [0.5, 0.6) is 0 Å². The minimum atomic E-state index is -0.152. The lowest BCUT2D eigenvalue weighted by Crippen LogP contribution is -2.30. The summed E-state index contributed by atoms with van der Waals surface area (Å²) in [6, 6.07) is 13.3. The van der Waals surface area contributed by atoms with E-state index in [0.717, 1.165) is 65.3 Å². The van der Waals surface area contributed by atoms with Gasteiger partial charge < -0.3 is 15.5 Å². The second-order valence-electron chi connectivity index (χ2n) is 10.3. The minimum Gasteiger partial charge on any atom is -0.352 e. The SMILES string of the molecule is C#CCCC1(CCNC(=O)c2ccc(-c3cn4c(n3)sc3cc(C(=O)NCCCN(CC)CC)ccc34)cc2)NN1. The van der Waals surface area contributed by atoms with E-state index < -0.39 is 0 Å². The molecule has 2 amide bonds. The number of terminal acetylenes is 1. The van der Waals surface area contributed by atoms with Crippen molar-refractivity contribution in [3.05, 3.63) is 59.8 Å². The van der Waals surface area contributed by atoms with Crippen molar-refractivity contribution in [1.29, 1.82) is 0 Å². The second-order valence-corrected chi connectivity index (χ2v) is 11.3. The Morgan fingerprint density at radius 3 is 2.44 bits per heavy atom. The zero-order valence-electron chi connectivity index (χ0n) is 23.6. The predicted octanol–water partition coefficient (Wildman–Crippen LogP) is 4.02. The summed E-state index contributed by atoms with van der Waals surface area (Å²) in [5.74, 6) is 2.50. The lowest BCUT2D eigenvalue weighted by Gasteiger charge is -2.17. The molecule has 0 spiro atoms. The van der Waals surface area contributed by atoms with Gasteiger partial charge in [0.15, 0.2) is 4.96 Å². The van der Waals surface area contributed by atoms with Crippen molar-refractivity contribution in [2.75, 3.05) is 32.7 Å². The number of carbonyl (C=O) groups excluding carboxylic acids is 2. The van der Waals surface area contributed by atoms with Crippen LogP contribution in [-0.2, 0) is 0 Å². The summed E-state index contributed by atoms with van der Waals surface area (Å²) in [5.41, 5.74) is 10.2. The van der Waals surface area contributed by atoms with Crippen molar-refractivity contribution in [2.24, 2.45) is 0 Å². The van der Waals surface area contributed by atoms with Gasteiger partial charge in [-0.25, -0.2) is 15.8 Å². The Morgan fingerprint density at radius 2 is 1.73 bits per heavy atom. The van der Waals surface area contributed by atoms with Crippen molar-refractivity contribution < 1.29 is 9.59 Å². The van der Waals surface area contributed by atoms with Crippen LogP contribution >= 0.6 is 11.3 Å². The van der Waals surface area contributed by atoms with Crippen LogP contribution in [0.15, 0.2) is 48.7 Å². The molecule has 0 saturated carbocycles. The Balaban J connectivity index is 1.18. The molecule has 1 saturated heterocycles. The van der Waals surface area contributed by atoms with E-state index in [-0.39, 0.29) is 17.5 Å². The van der Waals surface area contributed by atoms with Crippen molar-refractivity contribution in [3.63, 3.8) is 0 Å². The summed E-state index contributed by atoms with van der Waals surface area (Å²) in [6.45, 7) is 8.55. The molecule has 4 N–H and O–H groups in total. The number of thiazole rings is 1. The third-order valence-corrected chi connectivity index (χ3v) is 8.66. The van der Waals surface area contributed by atoms with E-state index in [1.807, 2.05) is 48.7 Å². The summed E-state index contributed by atoms with van der Waals surface area (Å²) in [7, 11) is 0. The molecule has 214 valence electrons. The molecule has 10 heteroatoms. The Kier molecular flexibility index (Phi) is 9.00. The summed E-state index contributed by atoms with van der Waals surface area (Å²) < 4.78 is 3.07. The van der Waals surface area contributed by atoms with E-state index in [9.17, 15) is 9.59 Å². The number of fused-ring (bicyclic) bond motifs is 3. The first-order valence-corrected chi connectivity index (χ1v) is 15.1. The molecule has 0 unspecified atom stereocenters. The van der Waals surface area contributed by atoms with Crippen LogP contribution in [0.4, 0.5) is 0 Å². The standard InChI is InChI=1S/C31H37N7O2S/c1-4-7-15-31(35-36-31)16-18-33-28(39)23-11-9-22(10-12-23)25-21-38-26-14-13-24(20-27(26)41-30(38)34-25)29(40)32-17-8-19-37(5-2)6-3/h1,9-14,20-21,35-36H,5-8,15-19H2,2-3H3,(H,32,40)(H,33,39). The first-order valence-electron chi connectivity index (χ1n) is 14.2. The number of amides is 2. The highest BCUT2D eigenvalue weighted by molar-refractivity contribution is 7.23. The number of imidazole rings is 1. The lowest BCUT2D eigenvalue weighted by atomic mass is 10.1. The molecule has 0 bridgehead atoms. The van der Waals surface area contributed by atoms with Gasteiger partial charge in [0.1, 0.15) is 0 Å². The first-order chi connectivity index (χ1) is 19.9. The summed E-state index contributed by atoms with van der Waals surface area (Å²) in [6.07, 6.45) is 10.6. The number of hydrogen-bond acceptors (Lipinski definition) is 7. The van der Waals surface area contributed by atoms with Crippen LogP contribution < -0.4 is 21.5 Å². The highest BCUT2D eigenvalue weighted by Crippen LogP contribution is 2.30. The number of carbonyl (C=O) groups is 2. The fraction of sp³-hybridized carbons (Fsp3) is 0.387. The quantitative estimate of drug-likeness (QED) is 0.103. The molecule has 9 nitrogen and oxygen atoms in total. The highest BCUT2D eigenvalue weighted by atomic mass is 32.1. The zero-order chi connectivity index (χ0) is 28.8. The number of nitrogens with zero attached hydrogens (tertiary/aromatic N) is 3. The maximum Gasteiger partial charge on any atom is 0.251 e. The summed E-state index contributed by atoms with van der Waals surface area (Å²) in [4.78, 5) is 33.4. The van der Waals surface area contributed by atoms with Gasteiger partial charge in [-0.3, -0.25) is 14.0 Å². The van der Waals surface area contributed by atoms with Gasteiger partial charge in [0, 0.05) is 42.4 Å². The minimum absolute atomic E-state index is 0.0495. The molecule has 2 aromatic carbocycles. The van der Waals surface area contributed by atoms with Gasteiger partial charge in [0.2, 0.25) is 0 Å².